The fourth-order valence-electron chi connectivity index (χ4n) is 6.94. The van der Waals surface area contributed by atoms with Crippen LogP contribution in [-0.4, -0.2) is 19.1 Å². The number of benzene rings is 3. The molecule has 3 aromatic rings. The molecule has 2 bridgehead atoms. The highest BCUT2D eigenvalue weighted by Crippen LogP contribution is 2.63. The molecule has 0 unspecified atom stereocenters. The summed E-state index contributed by atoms with van der Waals surface area (Å²) in [6.07, 6.45) is 3.95. The predicted octanol–water partition coefficient (Wildman–Crippen LogP) is 6.01. The van der Waals surface area contributed by atoms with Gasteiger partial charge in [0.05, 0.1) is 6.04 Å². The van der Waals surface area contributed by atoms with Crippen LogP contribution >= 0.6 is 0 Å². The lowest BCUT2D eigenvalue weighted by atomic mass is 9.68. The smallest absolute Gasteiger partial charge is 0.255 e. The number of carbonyl (C=O) groups is 1. The number of fused-ring (bicyclic) bond motifs is 8. The molecule has 0 aromatic heterocycles. The highest BCUT2D eigenvalue weighted by Gasteiger charge is 2.53. The second-order valence-corrected chi connectivity index (χ2v) is 10.1. The molecule has 4 aliphatic rings. The Labute approximate surface area is 199 Å². The first-order valence-corrected chi connectivity index (χ1v) is 12.4. The van der Waals surface area contributed by atoms with Crippen molar-refractivity contribution in [1.82, 2.24) is 0 Å². The summed E-state index contributed by atoms with van der Waals surface area (Å²) >= 11 is 0. The third-order valence-corrected chi connectivity index (χ3v) is 8.31. The van der Waals surface area contributed by atoms with E-state index in [0.717, 1.165) is 17.6 Å². The summed E-state index contributed by atoms with van der Waals surface area (Å²) < 4.78 is 11.3. The second kappa shape index (κ2) is 7.79. The van der Waals surface area contributed by atoms with Gasteiger partial charge < -0.3 is 20.1 Å². The molecule has 5 atom stereocenters. The maximum Gasteiger partial charge on any atom is 0.255 e. The van der Waals surface area contributed by atoms with Crippen molar-refractivity contribution in [1.29, 1.82) is 0 Å². The zero-order valence-electron chi connectivity index (χ0n) is 19.0. The van der Waals surface area contributed by atoms with Crippen molar-refractivity contribution in [3.05, 3.63) is 83.4 Å². The van der Waals surface area contributed by atoms with Crippen LogP contribution in [0.3, 0.4) is 0 Å². The van der Waals surface area contributed by atoms with Gasteiger partial charge in [-0.1, -0.05) is 30.3 Å². The Morgan fingerprint density at radius 2 is 1.71 bits per heavy atom. The summed E-state index contributed by atoms with van der Waals surface area (Å²) in [5.74, 6) is 3.89. The first-order valence-electron chi connectivity index (χ1n) is 12.4. The van der Waals surface area contributed by atoms with Crippen molar-refractivity contribution in [2.75, 3.05) is 23.8 Å². The molecule has 2 saturated carbocycles. The van der Waals surface area contributed by atoms with Crippen LogP contribution in [0.4, 0.5) is 11.4 Å². The van der Waals surface area contributed by atoms with Crippen molar-refractivity contribution >= 4 is 17.3 Å². The summed E-state index contributed by atoms with van der Waals surface area (Å²) in [6, 6.07) is 22.9. The number of hydrogen-bond donors (Lipinski definition) is 2. The van der Waals surface area contributed by atoms with Gasteiger partial charge >= 0.3 is 0 Å². The van der Waals surface area contributed by atoms with E-state index in [4.69, 9.17) is 9.47 Å². The minimum absolute atomic E-state index is 0.0932. The van der Waals surface area contributed by atoms with E-state index in [-0.39, 0.29) is 5.91 Å². The molecule has 1 amide bonds. The zero-order valence-corrected chi connectivity index (χ0v) is 19.0. The normalized spacial score (nSPS) is 27.9. The van der Waals surface area contributed by atoms with Gasteiger partial charge in [0.15, 0.2) is 11.5 Å². The molecular weight excluding hydrogens is 424 g/mol. The fraction of sp³-hybridized carbons (Fsp3) is 0.345. The first kappa shape index (κ1) is 20.0. The van der Waals surface area contributed by atoms with Gasteiger partial charge in [0.2, 0.25) is 0 Å². The van der Waals surface area contributed by atoms with Crippen LogP contribution in [-0.2, 0) is 0 Å². The molecule has 5 heteroatoms. The van der Waals surface area contributed by atoms with Gasteiger partial charge in [-0.3, -0.25) is 4.79 Å². The fourth-order valence-corrected chi connectivity index (χ4v) is 6.94. The molecule has 2 fully saturated rings. The van der Waals surface area contributed by atoms with E-state index in [9.17, 15) is 4.79 Å². The standard InChI is InChI=1S/C29H28N2O3/c32-29(30-21-9-11-24-25(16-21)34-13-12-33-24)20-8-10-23-22(15-20)26-18-6-7-19(14-18)27(26)28(31-23)17-4-2-1-3-5-17/h1-5,8-11,15-16,18-19,26-28,31H,6-7,12-14H2,(H,30,32)/t18-,19-,26+,27-,28+/m0/s1. The predicted molar refractivity (Wildman–Crippen MR) is 132 cm³/mol. The maximum absolute atomic E-state index is 13.2. The second-order valence-electron chi connectivity index (χ2n) is 10.1. The molecule has 0 radical (unpaired) electrons. The third kappa shape index (κ3) is 3.17. The van der Waals surface area contributed by atoms with Crippen LogP contribution in [0.15, 0.2) is 66.7 Å². The zero-order chi connectivity index (χ0) is 22.6. The Bertz CT molecular complexity index is 1260. The highest BCUT2D eigenvalue weighted by molar-refractivity contribution is 6.05. The Balaban J connectivity index is 1.20. The van der Waals surface area contributed by atoms with E-state index < -0.39 is 0 Å². The summed E-state index contributed by atoms with van der Waals surface area (Å²) in [5.41, 5.74) is 5.29. The van der Waals surface area contributed by atoms with Gasteiger partial charge in [-0.2, -0.15) is 0 Å². The topological polar surface area (TPSA) is 59.6 Å². The van der Waals surface area contributed by atoms with Crippen LogP contribution in [0.25, 0.3) is 0 Å². The van der Waals surface area contributed by atoms with Gasteiger partial charge in [0.1, 0.15) is 13.2 Å². The van der Waals surface area contributed by atoms with Gasteiger partial charge in [-0.25, -0.2) is 0 Å². The van der Waals surface area contributed by atoms with Crippen LogP contribution in [0.2, 0.25) is 0 Å². The Hall–Kier alpha value is -3.47. The molecule has 0 saturated heterocycles. The lowest BCUT2D eigenvalue weighted by Gasteiger charge is -2.43. The summed E-state index contributed by atoms with van der Waals surface area (Å²) in [4.78, 5) is 13.2. The van der Waals surface area contributed by atoms with Gasteiger partial charge in [0, 0.05) is 23.0 Å². The van der Waals surface area contributed by atoms with E-state index in [1.807, 2.05) is 24.3 Å². The van der Waals surface area contributed by atoms with Crippen molar-refractivity contribution < 1.29 is 14.3 Å². The van der Waals surface area contributed by atoms with Crippen LogP contribution in [0, 0.1) is 17.8 Å². The molecule has 2 heterocycles. The van der Waals surface area contributed by atoms with Gasteiger partial charge in [-0.05, 0) is 84.4 Å². The summed E-state index contributed by atoms with van der Waals surface area (Å²) in [7, 11) is 0. The van der Waals surface area contributed by atoms with E-state index in [2.05, 4.69) is 53.1 Å². The van der Waals surface area contributed by atoms with Crippen molar-refractivity contribution in [3.63, 3.8) is 0 Å². The monoisotopic (exact) mass is 452 g/mol. The number of ether oxygens (including phenoxy) is 2. The van der Waals surface area contributed by atoms with Gasteiger partial charge in [0.25, 0.3) is 5.91 Å². The minimum Gasteiger partial charge on any atom is -0.486 e. The number of carbonyl (C=O) groups excluding carboxylic acids is 1. The molecule has 2 N–H and O–H groups in total. The van der Waals surface area contributed by atoms with Gasteiger partial charge in [-0.15, -0.1) is 0 Å². The molecule has 5 nitrogen and oxygen atoms in total. The molecule has 7 rings (SSSR count). The molecule has 2 aliphatic carbocycles. The van der Waals surface area contributed by atoms with Crippen molar-refractivity contribution in [3.8, 4) is 11.5 Å². The minimum atomic E-state index is -0.0932. The number of hydrogen-bond acceptors (Lipinski definition) is 4. The average Bonchev–Trinajstić information content (AvgIpc) is 3.51. The first-order chi connectivity index (χ1) is 16.7. The third-order valence-electron chi connectivity index (χ3n) is 8.31. The maximum atomic E-state index is 13.2. The molecule has 2 aliphatic heterocycles. The largest absolute Gasteiger partial charge is 0.486 e. The van der Waals surface area contributed by atoms with E-state index >= 15 is 0 Å². The number of rotatable bonds is 3. The lowest BCUT2D eigenvalue weighted by molar-refractivity contribution is 0.102. The van der Waals surface area contributed by atoms with E-state index in [1.54, 1.807) is 0 Å². The lowest BCUT2D eigenvalue weighted by Crippen LogP contribution is -2.35. The number of nitrogens with one attached hydrogen (secondary N) is 2. The van der Waals surface area contributed by atoms with Crippen molar-refractivity contribution in [2.45, 2.75) is 31.2 Å². The highest BCUT2D eigenvalue weighted by atomic mass is 16.6. The van der Waals surface area contributed by atoms with Crippen LogP contribution in [0.1, 0.15) is 52.7 Å². The number of amides is 1. The molecule has 3 aromatic carbocycles. The summed E-state index contributed by atoms with van der Waals surface area (Å²) in [6.45, 7) is 1.08. The molecule has 172 valence electrons. The van der Waals surface area contributed by atoms with Crippen molar-refractivity contribution in [2.24, 2.45) is 17.8 Å². The Kier molecular flexibility index (Phi) is 4.57. The number of anilines is 2. The molecular formula is C29H28N2O3. The van der Waals surface area contributed by atoms with Crippen LogP contribution < -0.4 is 20.1 Å². The Morgan fingerprint density at radius 1 is 0.882 bits per heavy atom. The van der Waals surface area contributed by atoms with Crippen LogP contribution in [0.5, 0.6) is 11.5 Å². The molecule has 34 heavy (non-hydrogen) atoms. The average molecular weight is 453 g/mol. The molecule has 0 spiro atoms. The van der Waals surface area contributed by atoms with E-state index in [1.165, 1.54) is 36.1 Å². The SMILES string of the molecule is O=C(Nc1ccc2c(c1)OCCO2)c1ccc2c(c1)[C@H]1[C@H]3CC[C@@H](C3)[C@@H]1[C@@H](c1ccccc1)N2. The quantitative estimate of drug-likeness (QED) is 0.511. The Morgan fingerprint density at radius 3 is 2.59 bits per heavy atom. The van der Waals surface area contributed by atoms with E-state index in [0.29, 0.717) is 48.1 Å². The summed E-state index contributed by atoms with van der Waals surface area (Å²) in [5, 5.41) is 6.91.